The Hall–Kier alpha value is -4.98. The summed E-state index contributed by atoms with van der Waals surface area (Å²) in [5.41, 5.74) is 11.8. The van der Waals surface area contributed by atoms with E-state index in [1.165, 1.54) is 18.2 Å². The molecule has 1 saturated heterocycles. The molecule has 4 aromatic rings. The van der Waals surface area contributed by atoms with Crippen molar-refractivity contribution in [2.75, 3.05) is 37.1 Å². The van der Waals surface area contributed by atoms with Gasteiger partial charge in [-0.05, 0) is 56.2 Å². The van der Waals surface area contributed by atoms with Crippen LogP contribution in [0.1, 0.15) is 51.9 Å². The molecule has 3 amide bonds. The summed E-state index contributed by atoms with van der Waals surface area (Å²) in [5, 5.41) is 10.0. The number of imidazole rings is 1. The molecule has 13 nitrogen and oxygen atoms in total. The summed E-state index contributed by atoms with van der Waals surface area (Å²) >= 11 is 0. The number of carbonyl (C=O) groups is 3. The van der Waals surface area contributed by atoms with Gasteiger partial charge in [0.1, 0.15) is 22.8 Å². The predicted molar refractivity (Wildman–Crippen MR) is 160 cm³/mol. The monoisotopic (exact) mass is 606 g/mol. The first kappa shape index (κ1) is 30.5. The zero-order valence-electron chi connectivity index (χ0n) is 24.6. The van der Waals surface area contributed by atoms with Gasteiger partial charge in [-0.25, -0.2) is 14.1 Å². The van der Waals surface area contributed by atoms with Crippen LogP contribution in [0.25, 0.3) is 11.0 Å². The molecule has 2 aromatic carbocycles. The highest BCUT2D eigenvalue weighted by molar-refractivity contribution is 6.04. The van der Waals surface area contributed by atoms with Crippen LogP contribution in [0.15, 0.2) is 42.5 Å². The molecule has 1 aliphatic rings. The number of rotatable bonds is 14. The molecule has 5 N–H and O–H groups in total. The van der Waals surface area contributed by atoms with E-state index in [9.17, 15) is 18.8 Å². The lowest BCUT2D eigenvalue weighted by Crippen LogP contribution is -2.32. The van der Waals surface area contributed by atoms with Crippen LogP contribution in [0.3, 0.4) is 0 Å². The highest BCUT2D eigenvalue weighted by Crippen LogP contribution is 2.31. The standard InChI is InChI=1S/C30H35FN8O5/c1-3-38-24(11-18(2)37-38)29(42)36-30-35-23-12-21(28(32)41)13-25(44-17-20-15-43-16-20)27(23)39(30)34-10-4-5-26(40)33-14-19-6-8-22(31)9-7-19/h6-9,11-13,20,34H,3-5,10,14-17H2,1-2H3,(H2,32,41)(H,33,40)(H,35,36,42). The number of carbonyl (C=O) groups excluding carboxylic acids is 3. The summed E-state index contributed by atoms with van der Waals surface area (Å²) in [7, 11) is 0. The van der Waals surface area contributed by atoms with Gasteiger partial charge in [0.15, 0.2) is 0 Å². The minimum Gasteiger partial charge on any atom is -0.491 e. The Morgan fingerprint density at radius 2 is 1.93 bits per heavy atom. The van der Waals surface area contributed by atoms with E-state index >= 15 is 0 Å². The molecule has 0 spiro atoms. The fraction of sp³-hybridized carbons (Fsp3) is 0.367. The van der Waals surface area contributed by atoms with Crippen LogP contribution < -0.4 is 26.5 Å². The number of nitrogens with two attached hydrogens (primary N) is 1. The maximum atomic E-state index is 13.3. The molecule has 5 rings (SSSR count). The summed E-state index contributed by atoms with van der Waals surface area (Å²) in [5.74, 6) is -0.851. The first-order valence-electron chi connectivity index (χ1n) is 14.4. The lowest BCUT2D eigenvalue weighted by atomic mass is 10.1. The molecule has 3 heterocycles. The van der Waals surface area contributed by atoms with Gasteiger partial charge in [0, 0.05) is 37.5 Å². The molecule has 14 heteroatoms. The van der Waals surface area contributed by atoms with Gasteiger partial charge >= 0.3 is 0 Å². The number of halogens is 1. The molecule has 0 bridgehead atoms. The van der Waals surface area contributed by atoms with Gasteiger partial charge in [0.2, 0.25) is 17.8 Å². The summed E-state index contributed by atoms with van der Waals surface area (Å²) in [6, 6.07) is 10.7. The number of primary amides is 1. The van der Waals surface area contributed by atoms with E-state index in [1.54, 1.807) is 40.5 Å². The molecule has 2 aromatic heterocycles. The summed E-state index contributed by atoms with van der Waals surface area (Å²) in [6.45, 7) is 6.31. The van der Waals surface area contributed by atoms with Gasteiger partial charge in [0.05, 0.1) is 31.0 Å². The normalized spacial score (nSPS) is 13.0. The second kappa shape index (κ2) is 13.5. The second-order valence-corrected chi connectivity index (χ2v) is 10.5. The summed E-state index contributed by atoms with van der Waals surface area (Å²) < 4.78 is 27.7. The molecule has 0 atom stereocenters. The SMILES string of the molecule is CCn1nc(C)cc1C(=O)Nc1nc2cc(C(N)=O)cc(OCC3COC3)c2n1NCCCC(=O)NCc1ccc(F)cc1. The number of nitrogens with zero attached hydrogens (tertiary/aromatic N) is 4. The Morgan fingerprint density at radius 3 is 2.61 bits per heavy atom. The van der Waals surface area contributed by atoms with E-state index in [1.807, 2.05) is 6.92 Å². The molecule has 0 aliphatic carbocycles. The smallest absolute Gasteiger partial charge is 0.276 e. The number of fused-ring (bicyclic) bond motifs is 1. The van der Waals surface area contributed by atoms with Crippen LogP contribution in [0.2, 0.25) is 0 Å². The largest absolute Gasteiger partial charge is 0.491 e. The quantitative estimate of drug-likeness (QED) is 0.159. The maximum Gasteiger partial charge on any atom is 0.276 e. The highest BCUT2D eigenvalue weighted by Gasteiger charge is 2.24. The highest BCUT2D eigenvalue weighted by atomic mass is 19.1. The van der Waals surface area contributed by atoms with Crippen molar-refractivity contribution in [2.24, 2.45) is 11.7 Å². The van der Waals surface area contributed by atoms with E-state index in [2.05, 4.69) is 26.1 Å². The van der Waals surface area contributed by atoms with Crippen molar-refractivity contribution in [3.8, 4) is 5.75 Å². The third-order valence-electron chi connectivity index (χ3n) is 7.10. The maximum absolute atomic E-state index is 13.3. The lowest BCUT2D eigenvalue weighted by molar-refractivity contribution is -0.121. The molecule has 44 heavy (non-hydrogen) atoms. The summed E-state index contributed by atoms with van der Waals surface area (Å²) in [4.78, 5) is 42.5. The second-order valence-electron chi connectivity index (χ2n) is 10.5. The van der Waals surface area contributed by atoms with Crippen LogP contribution in [0.4, 0.5) is 10.3 Å². The van der Waals surface area contributed by atoms with Crippen LogP contribution in [0, 0.1) is 18.7 Å². The number of hydrogen-bond acceptors (Lipinski definition) is 8. The van der Waals surface area contributed by atoms with Crippen molar-refractivity contribution in [1.82, 2.24) is 24.8 Å². The van der Waals surface area contributed by atoms with Crippen LogP contribution in [-0.2, 0) is 22.6 Å². The van der Waals surface area contributed by atoms with E-state index in [4.69, 9.17) is 15.2 Å². The van der Waals surface area contributed by atoms with Crippen molar-refractivity contribution in [2.45, 2.75) is 39.8 Å². The Balaban J connectivity index is 1.36. The fourth-order valence-corrected chi connectivity index (χ4v) is 4.72. The predicted octanol–water partition coefficient (Wildman–Crippen LogP) is 2.72. The number of ether oxygens (including phenoxy) is 2. The zero-order chi connectivity index (χ0) is 31.2. The average Bonchev–Trinajstić information content (AvgIpc) is 3.53. The van der Waals surface area contributed by atoms with Gasteiger partial charge in [-0.15, -0.1) is 0 Å². The molecule has 1 aliphatic heterocycles. The Bertz CT molecular complexity index is 1660. The Labute approximate surface area is 252 Å². The Morgan fingerprint density at radius 1 is 1.16 bits per heavy atom. The first-order valence-corrected chi connectivity index (χ1v) is 14.4. The van der Waals surface area contributed by atoms with E-state index < -0.39 is 11.8 Å². The lowest BCUT2D eigenvalue weighted by Gasteiger charge is -2.26. The van der Waals surface area contributed by atoms with Crippen LogP contribution in [0.5, 0.6) is 5.75 Å². The molecule has 0 unspecified atom stereocenters. The van der Waals surface area contributed by atoms with Crippen LogP contribution in [-0.4, -0.2) is 63.5 Å². The van der Waals surface area contributed by atoms with E-state index in [0.717, 1.165) is 5.56 Å². The Kier molecular flexibility index (Phi) is 9.38. The molecular weight excluding hydrogens is 571 g/mol. The minimum absolute atomic E-state index is 0.158. The number of anilines is 1. The van der Waals surface area contributed by atoms with E-state index in [-0.39, 0.29) is 42.1 Å². The number of amides is 3. The fourth-order valence-electron chi connectivity index (χ4n) is 4.72. The molecule has 0 saturated carbocycles. The van der Waals surface area contributed by atoms with Crippen molar-refractivity contribution in [3.05, 3.63) is 70.8 Å². The first-order chi connectivity index (χ1) is 21.2. The average molecular weight is 607 g/mol. The minimum atomic E-state index is -0.647. The van der Waals surface area contributed by atoms with E-state index in [0.29, 0.717) is 67.5 Å². The number of nitrogens with one attached hydrogen (secondary N) is 3. The van der Waals surface area contributed by atoms with Crippen molar-refractivity contribution < 1.29 is 28.2 Å². The third-order valence-corrected chi connectivity index (χ3v) is 7.10. The van der Waals surface area contributed by atoms with Gasteiger partial charge in [0.25, 0.3) is 5.91 Å². The van der Waals surface area contributed by atoms with Crippen molar-refractivity contribution >= 4 is 34.7 Å². The van der Waals surface area contributed by atoms with Crippen LogP contribution >= 0.6 is 0 Å². The van der Waals surface area contributed by atoms with Gasteiger partial charge in [-0.2, -0.15) is 5.10 Å². The molecular formula is C30H35FN8O5. The van der Waals surface area contributed by atoms with Crippen molar-refractivity contribution in [1.29, 1.82) is 0 Å². The molecule has 0 radical (unpaired) electrons. The topological polar surface area (TPSA) is 167 Å². The number of aryl methyl sites for hydroxylation is 2. The molecule has 232 valence electrons. The third kappa shape index (κ3) is 7.14. The van der Waals surface area contributed by atoms with Gasteiger partial charge < -0.3 is 25.9 Å². The number of hydrogen-bond donors (Lipinski definition) is 4. The van der Waals surface area contributed by atoms with Gasteiger partial charge in [-0.1, -0.05) is 12.1 Å². The molecule has 1 fully saturated rings. The van der Waals surface area contributed by atoms with Crippen molar-refractivity contribution in [3.63, 3.8) is 0 Å². The summed E-state index contributed by atoms with van der Waals surface area (Å²) in [6.07, 6.45) is 0.660. The van der Waals surface area contributed by atoms with Gasteiger partial charge in [-0.3, -0.25) is 24.4 Å². The number of aromatic nitrogens is 4. The zero-order valence-corrected chi connectivity index (χ0v) is 24.6. The number of benzene rings is 2.